The summed E-state index contributed by atoms with van der Waals surface area (Å²) in [5, 5.41) is 18.7. The molecule has 0 atom stereocenters. The number of hydrogen-bond donors (Lipinski definition) is 4. The van der Waals surface area contributed by atoms with Crippen LogP contribution in [0.5, 0.6) is 0 Å². The van der Waals surface area contributed by atoms with Crippen molar-refractivity contribution < 1.29 is 0 Å². The van der Waals surface area contributed by atoms with Crippen molar-refractivity contribution in [2.24, 2.45) is 0 Å². The van der Waals surface area contributed by atoms with Crippen molar-refractivity contribution in [1.82, 2.24) is 74.2 Å². The van der Waals surface area contributed by atoms with Crippen LogP contribution in [0.1, 0.15) is 52.4 Å². The Kier molecular flexibility index (Phi) is 9.36. The molecular formula is C29H34N16O. The highest BCUT2D eigenvalue weighted by Gasteiger charge is 2.19. The third-order valence-electron chi connectivity index (χ3n) is 7.23. The number of aromatic amines is 3. The van der Waals surface area contributed by atoms with Crippen LogP contribution in [0.4, 0.5) is 5.82 Å². The number of nitrogens with one attached hydrogen (secondary N) is 4. The number of rotatable bonds is 12. The van der Waals surface area contributed by atoms with Gasteiger partial charge >= 0.3 is 5.69 Å². The Morgan fingerprint density at radius 3 is 2.35 bits per heavy atom. The van der Waals surface area contributed by atoms with Gasteiger partial charge in [0.1, 0.15) is 35.3 Å². The van der Waals surface area contributed by atoms with Gasteiger partial charge in [-0.3, -0.25) is 9.67 Å². The molecular weight excluding hydrogens is 588 g/mol. The molecule has 0 unspecified atom stereocenters. The van der Waals surface area contributed by atoms with Crippen molar-refractivity contribution in [1.29, 1.82) is 0 Å². The van der Waals surface area contributed by atoms with Crippen molar-refractivity contribution >= 4 is 22.6 Å². The van der Waals surface area contributed by atoms with Gasteiger partial charge in [-0.25, -0.2) is 44.1 Å². The van der Waals surface area contributed by atoms with E-state index in [1.54, 1.807) is 41.7 Å². The molecule has 4 N–H and O–H groups in total. The summed E-state index contributed by atoms with van der Waals surface area (Å²) >= 11 is 0. The molecule has 7 rings (SSSR count). The molecule has 0 amide bonds. The van der Waals surface area contributed by atoms with Gasteiger partial charge in [-0.2, -0.15) is 5.10 Å². The number of unbranched alkanes of at least 4 members (excludes halogenated alkanes) is 4. The lowest BCUT2D eigenvalue weighted by molar-refractivity contribution is 0.586. The zero-order valence-corrected chi connectivity index (χ0v) is 25.6. The second-order valence-electron chi connectivity index (χ2n) is 10.4. The van der Waals surface area contributed by atoms with Gasteiger partial charge in [-0.1, -0.05) is 39.5 Å². The Hall–Kier alpha value is -5.87. The average Bonchev–Trinajstić information content (AvgIpc) is 3.92. The Morgan fingerprint density at radius 1 is 0.826 bits per heavy atom. The second-order valence-corrected chi connectivity index (χ2v) is 10.4. The molecule has 0 aliphatic heterocycles. The van der Waals surface area contributed by atoms with Gasteiger partial charge in [0.05, 0.1) is 12.7 Å². The molecule has 0 saturated carbocycles. The van der Waals surface area contributed by atoms with Crippen LogP contribution in [0.2, 0.25) is 0 Å². The van der Waals surface area contributed by atoms with Crippen LogP contribution in [0.15, 0.2) is 54.6 Å². The summed E-state index contributed by atoms with van der Waals surface area (Å²) in [6.07, 6.45) is 15.9. The maximum absolute atomic E-state index is 13.0. The number of hydrogen-bond acceptors (Lipinski definition) is 12. The predicted octanol–water partition coefficient (Wildman–Crippen LogP) is 3.67. The standard InChI is InChI=1S/C15H16N8O.C14H18N8/c1-2-3-4-7-22-13-11(18-9-19-13)14-21-20-12(23(14)15(22)24)10-5-6-16-8-17-10;1-2-3-4-6-16-13-11(18-9-19-13)14-20-12(21-22-14)10-5-7-15-8-17-10/h5-6,8-9H,2-4,7H2,1H3,(H,18,19);5,7-9,16H,2-4,6H2,1H3,(H,18,19)(H,20,21,22). The van der Waals surface area contributed by atoms with Crippen LogP contribution >= 0.6 is 0 Å². The maximum Gasteiger partial charge on any atom is 0.337 e. The minimum atomic E-state index is -0.209. The number of H-pyrrole nitrogens is 3. The highest BCUT2D eigenvalue weighted by Crippen LogP contribution is 2.23. The second kappa shape index (κ2) is 14.3. The van der Waals surface area contributed by atoms with Gasteiger partial charge < -0.3 is 15.3 Å². The molecule has 7 heterocycles. The molecule has 0 spiro atoms. The van der Waals surface area contributed by atoms with Gasteiger partial charge in [0, 0.05) is 25.5 Å². The first kappa shape index (κ1) is 30.2. The third kappa shape index (κ3) is 6.33. The van der Waals surface area contributed by atoms with Crippen LogP contribution in [0.3, 0.4) is 0 Å². The van der Waals surface area contributed by atoms with Gasteiger partial charge in [0.15, 0.2) is 34.6 Å². The largest absolute Gasteiger partial charge is 0.368 e. The summed E-state index contributed by atoms with van der Waals surface area (Å²) in [5.41, 5.74) is 3.56. The maximum atomic E-state index is 13.0. The molecule has 236 valence electrons. The molecule has 0 fully saturated rings. The minimum Gasteiger partial charge on any atom is -0.368 e. The lowest BCUT2D eigenvalue weighted by atomic mass is 10.2. The van der Waals surface area contributed by atoms with Gasteiger partial charge in [-0.15, -0.1) is 10.2 Å². The van der Waals surface area contributed by atoms with Gasteiger partial charge in [0.25, 0.3) is 0 Å². The molecule has 0 bridgehead atoms. The summed E-state index contributed by atoms with van der Waals surface area (Å²) in [6.45, 7) is 5.80. The molecule has 17 heteroatoms. The summed E-state index contributed by atoms with van der Waals surface area (Å²) < 4.78 is 3.15. The smallest absolute Gasteiger partial charge is 0.337 e. The van der Waals surface area contributed by atoms with E-state index in [1.807, 2.05) is 0 Å². The molecule has 0 radical (unpaired) electrons. The zero-order valence-electron chi connectivity index (χ0n) is 25.6. The minimum absolute atomic E-state index is 0.209. The summed E-state index contributed by atoms with van der Waals surface area (Å²) in [6, 6.07) is 3.47. The van der Waals surface area contributed by atoms with E-state index in [4.69, 9.17) is 0 Å². The monoisotopic (exact) mass is 622 g/mol. The Bertz CT molecular complexity index is 2040. The first-order valence-corrected chi connectivity index (χ1v) is 15.2. The van der Waals surface area contributed by atoms with Crippen LogP contribution in [0.25, 0.3) is 51.4 Å². The Balaban J connectivity index is 0.000000162. The quantitative estimate of drug-likeness (QED) is 0.144. The Labute approximate surface area is 262 Å². The predicted molar refractivity (Wildman–Crippen MR) is 170 cm³/mol. The summed E-state index contributed by atoms with van der Waals surface area (Å²) in [7, 11) is 0. The van der Waals surface area contributed by atoms with E-state index >= 15 is 0 Å². The van der Waals surface area contributed by atoms with Crippen molar-refractivity contribution in [3.63, 3.8) is 0 Å². The molecule has 0 aromatic carbocycles. The number of anilines is 1. The van der Waals surface area contributed by atoms with Crippen LogP contribution in [-0.4, -0.2) is 80.8 Å². The Morgan fingerprint density at radius 2 is 1.59 bits per heavy atom. The summed E-state index contributed by atoms with van der Waals surface area (Å²) in [4.78, 5) is 48.3. The SMILES string of the molecule is CCCCCNc1nc[nH]c1-c1nc(-c2ccncn2)n[nH]1.CCCCCn1c(=O)n2c(-c3ccncn3)nnc2c2[nH]cnc21. The first-order valence-electron chi connectivity index (χ1n) is 15.2. The van der Waals surface area contributed by atoms with Gasteiger partial charge in [0.2, 0.25) is 0 Å². The van der Waals surface area contributed by atoms with E-state index < -0.39 is 0 Å². The fourth-order valence-electron chi connectivity index (χ4n) is 4.91. The average molecular weight is 623 g/mol. The van der Waals surface area contributed by atoms with E-state index in [2.05, 4.69) is 84.4 Å². The number of fused-ring (bicyclic) bond motifs is 3. The number of nitrogens with zero attached hydrogens (tertiary/aromatic N) is 12. The molecule has 0 saturated heterocycles. The number of aromatic nitrogens is 15. The van der Waals surface area contributed by atoms with E-state index in [0.29, 0.717) is 52.2 Å². The van der Waals surface area contributed by atoms with E-state index in [-0.39, 0.29) is 5.69 Å². The van der Waals surface area contributed by atoms with Crippen molar-refractivity contribution in [3.8, 4) is 34.6 Å². The zero-order chi connectivity index (χ0) is 31.7. The van der Waals surface area contributed by atoms with E-state index in [9.17, 15) is 4.79 Å². The van der Waals surface area contributed by atoms with E-state index in [0.717, 1.165) is 43.7 Å². The van der Waals surface area contributed by atoms with Crippen molar-refractivity contribution in [2.75, 3.05) is 11.9 Å². The molecule has 7 aromatic heterocycles. The molecule has 0 aliphatic rings. The molecule has 7 aromatic rings. The van der Waals surface area contributed by atoms with Crippen LogP contribution in [0, 0.1) is 0 Å². The van der Waals surface area contributed by atoms with Crippen molar-refractivity contribution in [2.45, 2.75) is 58.9 Å². The molecule has 0 aliphatic carbocycles. The lowest BCUT2D eigenvalue weighted by Crippen LogP contribution is -2.28. The molecule has 17 nitrogen and oxygen atoms in total. The first-order chi connectivity index (χ1) is 22.7. The number of aryl methyl sites for hydroxylation is 1. The van der Waals surface area contributed by atoms with Crippen LogP contribution in [-0.2, 0) is 6.54 Å². The fraction of sp³-hybridized carbons (Fsp3) is 0.345. The van der Waals surface area contributed by atoms with Crippen LogP contribution < -0.4 is 11.0 Å². The topological polar surface area (TPSA) is 215 Å². The fourth-order valence-corrected chi connectivity index (χ4v) is 4.91. The molecule has 46 heavy (non-hydrogen) atoms. The highest BCUT2D eigenvalue weighted by molar-refractivity contribution is 5.86. The third-order valence-corrected chi connectivity index (χ3v) is 7.23. The van der Waals surface area contributed by atoms with E-state index in [1.165, 1.54) is 29.9 Å². The normalized spacial score (nSPS) is 11.2. The highest BCUT2D eigenvalue weighted by atomic mass is 16.1. The number of imidazole rings is 2. The summed E-state index contributed by atoms with van der Waals surface area (Å²) in [5.74, 6) is 2.34. The lowest BCUT2D eigenvalue weighted by Gasteiger charge is -2.08. The van der Waals surface area contributed by atoms with Crippen molar-refractivity contribution in [3.05, 3.63) is 60.3 Å². The van der Waals surface area contributed by atoms with Gasteiger partial charge in [-0.05, 0) is 25.0 Å².